The number of carbonyl (C=O) groups is 1. The van der Waals surface area contributed by atoms with Crippen LogP contribution in [0.4, 0.5) is 0 Å². The van der Waals surface area contributed by atoms with Crippen LogP contribution < -0.4 is 9.47 Å². The van der Waals surface area contributed by atoms with E-state index < -0.39 is 5.91 Å². The number of carbonyl (C=O) groups excluding carboxylic acids is 1. The summed E-state index contributed by atoms with van der Waals surface area (Å²) in [6.07, 6.45) is 1.63. The molecule has 2 heterocycles. The molecule has 0 radical (unpaired) electrons. The van der Waals surface area contributed by atoms with E-state index in [0.29, 0.717) is 34.7 Å². The van der Waals surface area contributed by atoms with Crippen molar-refractivity contribution in [1.82, 2.24) is 4.90 Å². The molecule has 0 saturated carbocycles. The fourth-order valence-corrected chi connectivity index (χ4v) is 4.56. The summed E-state index contributed by atoms with van der Waals surface area (Å²) < 4.78 is 11.5. The van der Waals surface area contributed by atoms with Gasteiger partial charge in [-0.1, -0.05) is 35.5 Å². The highest BCUT2D eigenvalue weighted by Gasteiger charge is 2.33. The first-order chi connectivity index (χ1) is 15.3. The number of hydrogen-bond donors (Lipinski definition) is 1. The molecule has 0 bridgehead atoms. The molecule has 0 unspecified atom stereocenters. The molecule has 0 saturated heterocycles. The molecule has 164 valence electrons. The van der Waals surface area contributed by atoms with Gasteiger partial charge in [0.25, 0.3) is 5.91 Å². The van der Waals surface area contributed by atoms with Crippen LogP contribution in [0.2, 0.25) is 5.02 Å². The maximum absolute atomic E-state index is 12.4. The predicted molar refractivity (Wildman–Crippen MR) is 130 cm³/mol. The number of fused-ring (bicyclic) bond motifs is 1. The van der Waals surface area contributed by atoms with Gasteiger partial charge in [-0.2, -0.15) is 4.99 Å². The fraction of sp³-hybridized carbons (Fsp3) is 0.208. The molecule has 2 aromatic rings. The lowest BCUT2D eigenvalue weighted by Crippen LogP contribution is -2.37. The number of halogens is 1. The van der Waals surface area contributed by atoms with Crippen LogP contribution in [0.15, 0.2) is 58.1 Å². The first-order valence-electron chi connectivity index (χ1n) is 10.0. The van der Waals surface area contributed by atoms with E-state index in [1.54, 1.807) is 29.2 Å². The highest BCUT2D eigenvalue weighted by molar-refractivity contribution is 8.16. The minimum atomic E-state index is -0.433. The van der Waals surface area contributed by atoms with Crippen molar-refractivity contribution in [3.63, 3.8) is 0 Å². The van der Waals surface area contributed by atoms with E-state index in [1.165, 1.54) is 11.8 Å². The third-order valence-electron chi connectivity index (χ3n) is 4.86. The Labute approximate surface area is 196 Å². The lowest BCUT2D eigenvalue weighted by molar-refractivity contribution is -0.114. The Morgan fingerprint density at radius 1 is 1.09 bits per heavy atom. The molecule has 0 aromatic heterocycles. The zero-order valence-electron chi connectivity index (χ0n) is 17.9. The number of aliphatic imine (C=N–C) groups is 1. The quantitative estimate of drug-likeness (QED) is 0.443. The Morgan fingerprint density at radius 2 is 1.81 bits per heavy atom. The Bertz CT molecular complexity index is 1180. The summed E-state index contributed by atoms with van der Waals surface area (Å²) >= 11 is 7.73. The minimum Gasteiger partial charge on any atom is -0.490 e. The lowest BCUT2D eigenvalue weighted by atomic mass is 10.1. The normalized spacial score (nSPS) is 16.8. The number of amides is 1. The van der Waals surface area contributed by atoms with Crippen molar-refractivity contribution in [1.29, 1.82) is 5.41 Å². The van der Waals surface area contributed by atoms with Crippen LogP contribution in [0.1, 0.15) is 23.6 Å². The van der Waals surface area contributed by atoms with E-state index in [4.69, 9.17) is 26.5 Å². The summed E-state index contributed by atoms with van der Waals surface area (Å²) in [6, 6.07) is 11.3. The number of benzene rings is 2. The Balaban J connectivity index is 1.40. The molecule has 2 aliphatic heterocycles. The second kappa shape index (κ2) is 9.22. The standard InChI is InChI=1S/C24H22ClN3O3S/c1-14-8-15(2)10-18(9-14)30-6-7-31-21-5-4-17(12-20(21)25)11-19-22(26)28-16(3)13-32-24(28)27-23(19)29/h4-5,8-13,26H,6-7H2,1-3H3/b19-11+,26-22?. The maximum Gasteiger partial charge on any atom is 0.283 e. The number of rotatable bonds is 6. The zero-order chi connectivity index (χ0) is 22.8. The van der Waals surface area contributed by atoms with E-state index >= 15 is 0 Å². The number of amidine groups is 2. The monoisotopic (exact) mass is 467 g/mol. The molecular formula is C24H22ClN3O3S. The number of allylic oxidation sites excluding steroid dienone is 1. The average Bonchev–Trinajstić information content (AvgIpc) is 3.09. The Hall–Kier alpha value is -3.03. The summed E-state index contributed by atoms with van der Waals surface area (Å²) in [5, 5.41) is 11.2. The molecule has 1 N–H and O–H groups in total. The van der Waals surface area contributed by atoms with Gasteiger partial charge in [-0.25, -0.2) is 0 Å². The van der Waals surface area contributed by atoms with Crippen molar-refractivity contribution < 1.29 is 14.3 Å². The number of hydrogen-bond acceptors (Lipinski definition) is 5. The topological polar surface area (TPSA) is 75.0 Å². The van der Waals surface area contributed by atoms with Gasteiger partial charge in [-0.05, 0) is 73.2 Å². The van der Waals surface area contributed by atoms with Gasteiger partial charge >= 0.3 is 0 Å². The van der Waals surface area contributed by atoms with Crippen LogP contribution in [0, 0.1) is 19.3 Å². The number of ether oxygens (including phenoxy) is 2. The molecule has 0 atom stereocenters. The third-order valence-corrected chi connectivity index (χ3v) is 6.10. The van der Waals surface area contributed by atoms with Crippen molar-refractivity contribution in [2.24, 2.45) is 4.99 Å². The summed E-state index contributed by atoms with van der Waals surface area (Å²) in [4.78, 5) is 18.2. The Kier molecular flexibility index (Phi) is 6.39. The first-order valence-corrected chi connectivity index (χ1v) is 11.3. The molecule has 8 heteroatoms. The molecule has 6 nitrogen and oxygen atoms in total. The van der Waals surface area contributed by atoms with E-state index in [2.05, 4.69) is 11.1 Å². The number of nitrogens with one attached hydrogen (secondary N) is 1. The average molecular weight is 468 g/mol. The highest BCUT2D eigenvalue weighted by atomic mass is 35.5. The van der Waals surface area contributed by atoms with E-state index in [0.717, 1.165) is 22.6 Å². The summed E-state index contributed by atoms with van der Waals surface area (Å²) in [6.45, 7) is 6.67. The maximum atomic E-state index is 12.4. The van der Waals surface area contributed by atoms with Crippen LogP contribution in [0.5, 0.6) is 11.5 Å². The lowest BCUT2D eigenvalue weighted by Gasteiger charge is -2.25. The highest BCUT2D eigenvalue weighted by Crippen LogP contribution is 2.32. The third kappa shape index (κ3) is 4.74. The summed E-state index contributed by atoms with van der Waals surface area (Å²) in [5.74, 6) is 1.01. The molecule has 1 amide bonds. The second-order valence-corrected chi connectivity index (χ2v) is 8.77. The molecule has 4 rings (SSSR count). The zero-order valence-corrected chi connectivity index (χ0v) is 19.5. The number of nitrogens with zero attached hydrogens (tertiary/aromatic N) is 2. The van der Waals surface area contributed by atoms with Gasteiger partial charge < -0.3 is 9.47 Å². The van der Waals surface area contributed by atoms with Crippen molar-refractivity contribution in [3.8, 4) is 11.5 Å². The van der Waals surface area contributed by atoms with E-state index in [-0.39, 0.29) is 11.4 Å². The first kappa shape index (κ1) is 22.2. The van der Waals surface area contributed by atoms with Crippen molar-refractivity contribution in [2.45, 2.75) is 20.8 Å². The van der Waals surface area contributed by atoms with Crippen LogP contribution >= 0.6 is 23.4 Å². The molecule has 0 aliphatic carbocycles. The molecule has 0 spiro atoms. The SMILES string of the molecule is CC1=CSC2=NC(=O)/C(=C/c3ccc(OCCOc4cc(C)cc(C)c4)c(Cl)c3)C(=N)N12. The summed E-state index contributed by atoms with van der Waals surface area (Å²) in [5.41, 5.74) is 4.07. The van der Waals surface area contributed by atoms with E-state index in [9.17, 15) is 4.79 Å². The van der Waals surface area contributed by atoms with Gasteiger partial charge in [0.2, 0.25) is 0 Å². The summed E-state index contributed by atoms with van der Waals surface area (Å²) in [7, 11) is 0. The van der Waals surface area contributed by atoms with Gasteiger partial charge in [0.1, 0.15) is 30.5 Å². The molecule has 0 fully saturated rings. The smallest absolute Gasteiger partial charge is 0.283 e. The van der Waals surface area contributed by atoms with Gasteiger partial charge in [0, 0.05) is 5.70 Å². The van der Waals surface area contributed by atoms with Crippen molar-refractivity contribution in [3.05, 3.63) is 74.8 Å². The minimum absolute atomic E-state index is 0.110. The molecule has 2 aliphatic rings. The predicted octanol–water partition coefficient (Wildman–Crippen LogP) is 5.58. The van der Waals surface area contributed by atoms with E-state index in [1.807, 2.05) is 38.3 Å². The van der Waals surface area contributed by atoms with Crippen molar-refractivity contribution in [2.75, 3.05) is 13.2 Å². The molecule has 2 aromatic carbocycles. The fourth-order valence-electron chi connectivity index (χ4n) is 3.46. The largest absolute Gasteiger partial charge is 0.490 e. The van der Waals surface area contributed by atoms with Gasteiger partial charge in [0.15, 0.2) is 5.17 Å². The van der Waals surface area contributed by atoms with Crippen LogP contribution in [-0.2, 0) is 4.79 Å². The van der Waals surface area contributed by atoms with Gasteiger partial charge in [0.05, 0.1) is 10.6 Å². The molecular weight excluding hydrogens is 446 g/mol. The van der Waals surface area contributed by atoms with Crippen LogP contribution in [0.25, 0.3) is 6.08 Å². The Morgan fingerprint density at radius 3 is 2.53 bits per heavy atom. The van der Waals surface area contributed by atoms with Crippen LogP contribution in [0.3, 0.4) is 0 Å². The van der Waals surface area contributed by atoms with Gasteiger partial charge in [-0.15, -0.1) is 0 Å². The molecule has 32 heavy (non-hydrogen) atoms. The second-order valence-electron chi connectivity index (χ2n) is 7.53. The van der Waals surface area contributed by atoms with Crippen LogP contribution in [-0.4, -0.2) is 35.0 Å². The number of thioether (sulfide) groups is 1. The van der Waals surface area contributed by atoms with Crippen molar-refractivity contribution >= 4 is 46.3 Å². The van der Waals surface area contributed by atoms with Gasteiger partial charge in [-0.3, -0.25) is 15.1 Å². The number of aryl methyl sites for hydroxylation is 2.